The lowest BCUT2D eigenvalue weighted by Gasteiger charge is -2.13. The maximum absolute atomic E-state index is 13.1. The Balaban J connectivity index is 2.61. The molecule has 1 aromatic rings. The standard InChI is InChI=1S/C10H12BrFO2S/c1-13-9(14-2)6-15-8-5-3-4-7(12)10(8)11/h3-5,9H,6H2,1-2H3. The van der Waals surface area contributed by atoms with Crippen molar-refractivity contribution in [1.82, 2.24) is 0 Å². The summed E-state index contributed by atoms with van der Waals surface area (Å²) in [5.74, 6) is 0.362. The summed E-state index contributed by atoms with van der Waals surface area (Å²) in [6.07, 6.45) is -0.273. The number of halogens is 2. The molecule has 0 aromatic heterocycles. The normalized spacial score (nSPS) is 11.0. The van der Waals surface area contributed by atoms with Gasteiger partial charge >= 0.3 is 0 Å². The van der Waals surface area contributed by atoms with E-state index in [1.165, 1.54) is 17.8 Å². The van der Waals surface area contributed by atoms with Crippen molar-refractivity contribution in [3.63, 3.8) is 0 Å². The second-order valence-corrected chi connectivity index (χ2v) is 4.62. The minimum absolute atomic E-state index is 0.258. The number of hydrogen-bond acceptors (Lipinski definition) is 3. The van der Waals surface area contributed by atoms with Crippen molar-refractivity contribution in [3.05, 3.63) is 28.5 Å². The first-order valence-electron chi connectivity index (χ1n) is 4.31. The summed E-state index contributed by atoms with van der Waals surface area (Å²) >= 11 is 4.68. The predicted octanol–water partition coefficient (Wildman–Crippen LogP) is 3.30. The quantitative estimate of drug-likeness (QED) is 0.613. The largest absolute Gasteiger partial charge is 0.355 e. The zero-order chi connectivity index (χ0) is 11.3. The van der Waals surface area contributed by atoms with E-state index in [0.29, 0.717) is 10.2 Å². The fourth-order valence-electron chi connectivity index (χ4n) is 0.986. The van der Waals surface area contributed by atoms with Crippen LogP contribution in [0.1, 0.15) is 0 Å². The van der Waals surface area contributed by atoms with Gasteiger partial charge in [-0.15, -0.1) is 11.8 Å². The van der Waals surface area contributed by atoms with E-state index >= 15 is 0 Å². The van der Waals surface area contributed by atoms with Gasteiger partial charge in [0.05, 0.1) is 4.47 Å². The summed E-state index contributed by atoms with van der Waals surface area (Å²) in [7, 11) is 3.16. The van der Waals surface area contributed by atoms with Crippen LogP contribution in [0.4, 0.5) is 4.39 Å². The number of hydrogen-bond donors (Lipinski definition) is 0. The van der Waals surface area contributed by atoms with Crippen molar-refractivity contribution in [2.45, 2.75) is 11.2 Å². The van der Waals surface area contributed by atoms with Crippen molar-refractivity contribution in [3.8, 4) is 0 Å². The molecule has 2 nitrogen and oxygen atoms in total. The molecule has 0 amide bonds. The fraction of sp³-hybridized carbons (Fsp3) is 0.400. The van der Waals surface area contributed by atoms with Crippen molar-refractivity contribution in [2.75, 3.05) is 20.0 Å². The summed E-state index contributed by atoms with van der Waals surface area (Å²) in [5.41, 5.74) is 0. The zero-order valence-corrected chi connectivity index (χ0v) is 10.9. The number of methoxy groups -OCH3 is 2. The average Bonchev–Trinajstić information content (AvgIpc) is 2.25. The van der Waals surface area contributed by atoms with E-state index in [9.17, 15) is 4.39 Å². The molecule has 0 aliphatic carbocycles. The Morgan fingerprint density at radius 2 is 2.07 bits per heavy atom. The molecule has 1 aromatic carbocycles. The van der Waals surface area contributed by atoms with Gasteiger partial charge in [0.2, 0.25) is 0 Å². The molecule has 0 spiro atoms. The third-order valence-electron chi connectivity index (χ3n) is 1.82. The molecule has 0 saturated heterocycles. The van der Waals surface area contributed by atoms with Crippen LogP contribution in [0.15, 0.2) is 27.6 Å². The van der Waals surface area contributed by atoms with Crippen LogP contribution < -0.4 is 0 Å². The molecule has 0 bridgehead atoms. The van der Waals surface area contributed by atoms with Crippen molar-refractivity contribution < 1.29 is 13.9 Å². The Labute approximate surface area is 101 Å². The highest BCUT2D eigenvalue weighted by molar-refractivity contribution is 9.10. The fourth-order valence-corrected chi connectivity index (χ4v) is 2.58. The zero-order valence-electron chi connectivity index (χ0n) is 8.50. The molecular weight excluding hydrogens is 283 g/mol. The van der Waals surface area contributed by atoms with Gasteiger partial charge in [0.25, 0.3) is 0 Å². The Bertz CT molecular complexity index is 318. The van der Waals surface area contributed by atoms with Gasteiger partial charge in [-0.1, -0.05) is 6.07 Å². The van der Waals surface area contributed by atoms with Gasteiger partial charge in [-0.25, -0.2) is 4.39 Å². The van der Waals surface area contributed by atoms with E-state index < -0.39 is 0 Å². The molecule has 0 aliphatic heterocycles. The minimum Gasteiger partial charge on any atom is -0.355 e. The van der Waals surface area contributed by atoms with Gasteiger partial charge in [-0.05, 0) is 28.1 Å². The maximum Gasteiger partial charge on any atom is 0.166 e. The van der Waals surface area contributed by atoms with E-state index in [1.807, 2.05) is 6.07 Å². The van der Waals surface area contributed by atoms with Crippen LogP contribution in [-0.4, -0.2) is 26.3 Å². The number of benzene rings is 1. The lowest BCUT2D eigenvalue weighted by molar-refractivity contribution is -0.0842. The summed E-state index contributed by atoms with van der Waals surface area (Å²) < 4.78 is 23.7. The average molecular weight is 295 g/mol. The molecule has 0 fully saturated rings. The van der Waals surface area contributed by atoms with Gasteiger partial charge in [-0.3, -0.25) is 0 Å². The Hall–Kier alpha value is -0.100. The summed E-state index contributed by atoms with van der Waals surface area (Å²) in [4.78, 5) is 0.842. The predicted molar refractivity (Wildman–Crippen MR) is 62.6 cm³/mol. The summed E-state index contributed by atoms with van der Waals surface area (Å²) in [5, 5.41) is 0. The molecule has 1 rings (SSSR count). The van der Waals surface area contributed by atoms with Crippen LogP contribution >= 0.6 is 27.7 Å². The van der Waals surface area contributed by atoms with E-state index in [0.717, 1.165) is 4.90 Å². The van der Waals surface area contributed by atoms with Crippen molar-refractivity contribution in [1.29, 1.82) is 0 Å². The summed E-state index contributed by atoms with van der Waals surface area (Å²) in [6.45, 7) is 0. The van der Waals surface area contributed by atoms with Crippen molar-refractivity contribution in [2.24, 2.45) is 0 Å². The highest BCUT2D eigenvalue weighted by Crippen LogP contribution is 2.30. The smallest absolute Gasteiger partial charge is 0.166 e. The van der Waals surface area contributed by atoms with E-state index in [4.69, 9.17) is 9.47 Å². The first-order valence-corrected chi connectivity index (χ1v) is 6.09. The van der Waals surface area contributed by atoms with Crippen LogP contribution in [0.25, 0.3) is 0 Å². The van der Waals surface area contributed by atoms with Gasteiger partial charge < -0.3 is 9.47 Å². The van der Waals surface area contributed by atoms with Crippen LogP contribution in [0.3, 0.4) is 0 Å². The van der Waals surface area contributed by atoms with Gasteiger partial charge in [0, 0.05) is 24.9 Å². The summed E-state index contributed by atoms with van der Waals surface area (Å²) in [6, 6.07) is 4.94. The third kappa shape index (κ3) is 3.75. The third-order valence-corrected chi connectivity index (χ3v) is 3.98. The first-order chi connectivity index (χ1) is 7.19. The number of ether oxygens (including phenoxy) is 2. The van der Waals surface area contributed by atoms with Crippen molar-refractivity contribution >= 4 is 27.7 Å². The second kappa shape index (κ2) is 6.48. The molecule has 84 valence electrons. The highest BCUT2D eigenvalue weighted by Gasteiger charge is 2.09. The number of rotatable bonds is 5. The Morgan fingerprint density at radius 1 is 1.40 bits per heavy atom. The lowest BCUT2D eigenvalue weighted by Crippen LogP contribution is -2.15. The van der Waals surface area contributed by atoms with E-state index in [1.54, 1.807) is 20.3 Å². The topological polar surface area (TPSA) is 18.5 Å². The lowest BCUT2D eigenvalue weighted by atomic mass is 10.3. The Kier molecular flexibility index (Phi) is 5.60. The molecule has 0 aliphatic rings. The maximum atomic E-state index is 13.1. The minimum atomic E-state index is -0.273. The van der Waals surface area contributed by atoms with Gasteiger partial charge in [0.15, 0.2) is 6.29 Å². The monoisotopic (exact) mass is 294 g/mol. The SMILES string of the molecule is COC(CSc1cccc(F)c1Br)OC. The molecule has 0 N–H and O–H groups in total. The van der Waals surface area contributed by atoms with E-state index in [-0.39, 0.29) is 12.1 Å². The molecule has 0 radical (unpaired) electrons. The molecular formula is C10H12BrFO2S. The first kappa shape index (κ1) is 13.0. The molecule has 0 saturated carbocycles. The molecule has 5 heteroatoms. The molecule has 0 atom stereocenters. The van der Waals surface area contributed by atoms with Crippen LogP contribution in [-0.2, 0) is 9.47 Å². The van der Waals surface area contributed by atoms with Crippen LogP contribution in [0.5, 0.6) is 0 Å². The van der Waals surface area contributed by atoms with Gasteiger partial charge in [-0.2, -0.15) is 0 Å². The van der Waals surface area contributed by atoms with Crippen LogP contribution in [0.2, 0.25) is 0 Å². The second-order valence-electron chi connectivity index (χ2n) is 2.76. The number of thioether (sulfide) groups is 1. The molecule has 0 unspecified atom stereocenters. The van der Waals surface area contributed by atoms with Crippen LogP contribution in [0, 0.1) is 5.82 Å². The highest BCUT2D eigenvalue weighted by atomic mass is 79.9. The van der Waals surface area contributed by atoms with Gasteiger partial charge in [0.1, 0.15) is 5.82 Å². The molecule has 0 heterocycles. The molecule has 15 heavy (non-hydrogen) atoms. The Morgan fingerprint density at radius 3 is 2.67 bits per heavy atom. The van der Waals surface area contributed by atoms with E-state index in [2.05, 4.69) is 15.9 Å².